The Labute approximate surface area is 112 Å². The minimum atomic E-state index is -0.505. The molecule has 1 aromatic carbocycles. The molecule has 0 aromatic heterocycles. The lowest BCUT2D eigenvalue weighted by Gasteiger charge is -2.38. The smallest absolute Gasteiger partial charge is 0.243 e. The molecular formula is C15H18N2O2. The first-order valence-corrected chi connectivity index (χ1v) is 6.43. The van der Waals surface area contributed by atoms with Gasteiger partial charge in [-0.25, -0.2) is 0 Å². The van der Waals surface area contributed by atoms with Crippen LogP contribution in [-0.2, 0) is 15.1 Å². The summed E-state index contributed by atoms with van der Waals surface area (Å²) >= 11 is 0. The van der Waals surface area contributed by atoms with Crippen molar-refractivity contribution in [3.63, 3.8) is 0 Å². The van der Waals surface area contributed by atoms with Crippen LogP contribution in [0.15, 0.2) is 43.0 Å². The quantitative estimate of drug-likeness (QED) is 0.804. The number of hydrogen-bond donors (Lipinski definition) is 2. The lowest BCUT2D eigenvalue weighted by molar-refractivity contribution is -0.126. The molecule has 0 radical (unpaired) electrons. The first kappa shape index (κ1) is 13.3. The maximum absolute atomic E-state index is 11.7. The average molecular weight is 258 g/mol. The monoisotopic (exact) mass is 258 g/mol. The number of hydrogen-bond acceptors (Lipinski definition) is 2. The standard InChI is InChI=1S/C15H18N2O2/c1-2-13(18)16-11-15(10-6-9-14(19)17-15)12-7-4-3-5-8-12/h2-5,7-8H,1,6,9-11H2,(H,16,18)(H,17,19). The molecule has 1 unspecified atom stereocenters. The third kappa shape index (κ3) is 3.02. The van der Waals surface area contributed by atoms with Gasteiger partial charge in [-0.2, -0.15) is 0 Å². The number of carbonyl (C=O) groups excluding carboxylic acids is 2. The molecule has 0 spiro atoms. The van der Waals surface area contributed by atoms with E-state index in [1.165, 1.54) is 6.08 Å². The van der Waals surface area contributed by atoms with Gasteiger partial charge in [-0.3, -0.25) is 9.59 Å². The lowest BCUT2D eigenvalue weighted by atomic mass is 9.82. The van der Waals surface area contributed by atoms with Crippen molar-refractivity contribution in [2.45, 2.75) is 24.8 Å². The molecule has 1 heterocycles. The first-order valence-electron chi connectivity index (χ1n) is 6.43. The van der Waals surface area contributed by atoms with E-state index in [-0.39, 0.29) is 11.8 Å². The summed E-state index contributed by atoms with van der Waals surface area (Å²) in [7, 11) is 0. The molecule has 1 aliphatic rings. The second kappa shape index (κ2) is 5.69. The summed E-state index contributed by atoms with van der Waals surface area (Å²) in [6.07, 6.45) is 3.43. The third-order valence-corrected chi connectivity index (χ3v) is 3.46. The number of rotatable bonds is 4. The number of amides is 2. The van der Waals surface area contributed by atoms with E-state index in [2.05, 4.69) is 17.2 Å². The Morgan fingerprint density at radius 1 is 1.42 bits per heavy atom. The molecule has 1 fully saturated rings. The minimum Gasteiger partial charge on any atom is -0.350 e. The van der Waals surface area contributed by atoms with Crippen molar-refractivity contribution in [2.24, 2.45) is 0 Å². The van der Waals surface area contributed by atoms with Crippen molar-refractivity contribution in [1.29, 1.82) is 0 Å². The molecule has 0 saturated carbocycles. The van der Waals surface area contributed by atoms with Gasteiger partial charge in [0.1, 0.15) is 0 Å². The Kier molecular flexibility index (Phi) is 4.00. The third-order valence-electron chi connectivity index (χ3n) is 3.46. The molecule has 2 amide bonds. The van der Waals surface area contributed by atoms with E-state index in [1.807, 2.05) is 30.3 Å². The van der Waals surface area contributed by atoms with E-state index >= 15 is 0 Å². The van der Waals surface area contributed by atoms with Crippen LogP contribution in [0.5, 0.6) is 0 Å². The van der Waals surface area contributed by atoms with E-state index in [4.69, 9.17) is 0 Å². The largest absolute Gasteiger partial charge is 0.350 e. The minimum absolute atomic E-state index is 0.0305. The molecule has 1 atom stereocenters. The molecule has 0 aliphatic carbocycles. The molecule has 1 aromatic rings. The van der Waals surface area contributed by atoms with Crippen molar-refractivity contribution < 1.29 is 9.59 Å². The second-order valence-corrected chi connectivity index (χ2v) is 4.77. The summed E-state index contributed by atoms with van der Waals surface area (Å²) in [5.74, 6) is -0.196. The van der Waals surface area contributed by atoms with Gasteiger partial charge in [0.2, 0.25) is 11.8 Å². The van der Waals surface area contributed by atoms with E-state index in [0.29, 0.717) is 13.0 Å². The van der Waals surface area contributed by atoms with Gasteiger partial charge in [-0.1, -0.05) is 36.9 Å². The van der Waals surface area contributed by atoms with E-state index in [9.17, 15) is 9.59 Å². The zero-order valence-electron chi connectivity index (χ0n) is 10.8. The zero-order chi connectivity index (χ0) is 13.7. The van der Waals surface area contributed by atoms with Crippen molar-refractivity contribution in [3.8, 4) is 0 Å². The van der Waals surface area contributed by atoms with Gasteiger partial charge >= 0.3 is 0 Å². The van der Waals surface area contributed by atoms with Gasteiger partial charge in [0.15, 0.2) is 0 Å². The van der Waals surface area contributed by atoms with Gasteiger partial charge in [0, 0.05) is 13.0 Å². The highest BCUT2D eigenvalue weighted by Gasteiger charge is 2.36. The summed E-state index contributed by atoms with van der Waals surface area (Å²) in [5, 5.41) is 5.83. The Hall–Kier alpha value is -2.10. The molecule has 2 N–H and O–H groups in total. The maximum Gasteiger partial charge on any atom is 0.243 e. The second-order valence-electron chi connectivity index (χ2n) is 4.77. The molecule has 2 rings (SSSR count). The highest BCUT2D eigenvalue weighted by molar-refractivity contribution is 5.87. The van der Waals surface area contributed by atoms with Crippen LogP contribution in [0.4, 0.5) is 0 Å². The molecule has 1 saturated heterocycles. The fourth-order valence-corrected chi connectivity index (χ4v) is 2.46. The number of nitrogens with one attached hydrogen (secondary N) is 2. The predicted molar refractivity (Wildman–Crippen MR) is 73.3 cm³/mol. The highest BCUT2D eigenvalue weighted by Crippen LogP contribution is 2.30. The predicted octanol–water partition coefficient (Wildman–Crippen LogP) is 1.48. The molecule has 1 aliphatic heterocycles. The van der Waals surface area contributed by atoms with Crippen LogP contribution in [0.3, 0.4) is 0 Å². The van der Waals surface area contributed by atoms with E-state index in [1.54, 1.807) is 0 Å². The van der Waals surface area contributed by atoms with Crippen LogP contribution in [0.1, 0.15) is 24.8 Å². The average Bonchev–Trinajstić information content (AvgIpc) is 2.46. The normalized spacial score (nSPS) is 22.4. The fourth-order valence-electron chi connectivity index (χ4n) is 2.46. The Morgan fingerprint density at radius 2 is 2.16 bits per heavy atom. The molecular weight excluding hydrogens is 240 g/mol. The highest BCUT2D eigenvalue weighted by atomic mass is 16.2. The van der Waals surface area contributed by atoms with Crippen molar-refractivity contribution in [1.82, 2.24) is 10.6 Å². The van der Waals surface area contributed by atoms with Crippen LogP contribution < -0.4 is 10.6 Å². The van der Waals surface area contributed by atoms with Crippen LogP contribution in [0.2, 0.25) is 0 Å². The van der Waals surface area contributed by atoms with Crippen molar-refractivity contribution in [2.75, 3.05) is 6.54 Å². The Morgan fingerprint density at radius 3 is 2.79 bits per heavy atom. The van der Waals surface area contributed by atoms with Crippen LogP contribution in [0.25, 0.3) is 0 Å². The zero-order valence-corrected chi connectivity index (χ0v) is 10.8. The first-order chi connectivity index (χ1) is 9.16. The molecule has 0 bridgehead atoms. The molecule has 19 heavy (non-hydrogen) atoms. The van der Waals surface area contributed by atoms with E-state index in [0.717, 1.165) is 18.4 Å². The van der Waals surface area contributed by atoms with Crippen molar-refractivity contribution in [3.05, 3.63) is 48.6 Å². The van der Waals surface area contributed by atoms with Gasteiger partial charge in [-0.05, 0) is 24.5 Å². The van der Waals surface area contributed by atoms with Gasteiger partial charge in [-0.15, -0.1) is 0 Å². The lowest BCUT2D eigenvalue weighted by Crippen LogP contribution is -2.55. The number of piperidine rings is 1. The van der Waals surface area contributed by atoms with Gasteiger partial charge in [0.05, 0.1) is 5.54 Å². The van der Waals surface area contributed by atoms with Gasteiger partial charge in [0.25, 0.3) is 0 Å². The Balaban J connectivity index is 2.25. The summed E-state index contributed by atoms with van der Waals surface area (Å²) in [6, 6.07) is 9.77. The summed E-state index contributed by atoms with van der Waals surface area (Å²) < 4.78 is 0. The van der Waals surface area contributed by atoms with Crippen LogP contribution in [-0.4, -0.2) is 18.4 Å². The summed E-state index contributed by atoms with van der Waals surface area (Å²) in [4.78, 5) is 23.1. The molecule has 100 valence electrons. The van der Waals surface area contributed by atoms with Gasteiger partial charge < -0.3 is 10.6 Å². The fraction of sp³-hybridized carbons (Fsp3) is 0.333. The topological polar surface area (TPSA) is 58.2 Å². The maximum atomic E-state index is 11.7. The van der Waals surface area contributed by atoms with Crippen molar-refractivity contribution >= 4 is 11.8 Å². The number of benzene rings is 1. The SMILES string of the molecule is C=CC(=O)NCC1(c2ccccc2)CCCC(=O)N1. The summed E-state index contributed by atoms with van der Waals surface area (Å²) in [6.45, 7) is 3.82. The number of carbonyl (C=O) groups is 2. The van der Waals surface area contributed by atoms with E-state index < -0.39 is 5.54 Å². The summed E-state index contributed by atoms with van der Waals surface area (Å²) in [5.41, 5.74) is 0.516. The molecule has 4 nitrogen and oxygen atoms in total. The van der Waals surface area contributed by atoms with Crippen LogP contribution >= 0.6 is 0 Å². The molecule has 4 heteroatoms. The Bertz CT molecular complexity index is 484. The van der Waals surface area contributed by atoms with Crippen LogP contribution in [0, 0.1) is 0 Å².